The fourth-order valence-electron chi connectivity index (χ4n) is 4.25. The molecule has 0 aromatic heterocycles. The Kier molecular flexibility index (Phi) is 4.82. The summed E-state index contributed by atoms with van der Waals surface area (Å²) in [5.41, 5.74) is 0.0287. The lowest BCUT2D eigenvalue weighted by molar-refractivity contribution is -0.154. The summed E-state index contributed by atoms with van der Waals surface area (Å²) in [6, 6.07) is 0.563. The van der Waals surface area contributed by atoms with Gasteiger partial charge in [-0.25, -0.2) is 0 Å². The summed E-state index contributed by atoms with van der Waals surface area (Å²) >= 11 is 0. The lowest BCUT2D eigenvalue weighted by atomic mass is 9.82. The lowest BCUT2D eigenvalue weighted by Crippen LogP contribution is -2.53. The first-order chi connectivity index (χ1) is 10.2. The first-order valence-electron chi connectivity index (χ1n) is 8.34. The number of nitrogens with zero attached hydrogens (tertiary/aromatic N) is 1. The van der Waals surface area contributed by atoms with E-state index in [1.807, 2.05) is 0 Å². The van der Waals surface area contributed by atoms with Crippen molar-refractivity contribution in [2.24, 2.45) is 5.92 Å². The second-order valence-corrected chi connectivity index (χ2v) is 6.89. The van der Waals surface area contributed by atoms with Gasteiger partial charge in [0.15, 0.2) is 0 Å². The molecule has 2 atom stereocenters. The van der Waals surface area contributed by atoms with Crippen LogP contribution in [-0.2, 0) is 14.3 Å². The lowest BCUT2D eigenvalue weighted by Gasteiger charge is -2.48. The quantitative estimate of drug-likeness (QED) is 0.862. The van der Waals surface area contributed by atoms with Crippen LogP contribution in [0.25, 0.3) is 0 Å². The molecule has 0 bridgehead atoms. The molecule has 0 aliphatic carbocycles. The standard InChI is InChI=1S/C16H27NO4/c18-15(19)10-13-2-1-6-17(12-13)14-3-7-21-16(11-14)4-8-20-9-5-16/h13-14H,1-12H2,(H,18,19). The van der Waals surface area contributed by atoms with Crippen LogP contribution in [0.3, 0.4) is 0 Å². The average molecular weight is 297 g/mol. The highest BCUT2D eigenvalue weighted by molar-refractivity contribution is 5.67. The second kappa shape index (κ2) is 6.63. The van der Waals surface area contributed by atoms with E-state index >= 15 is 0 Å². The summed E-state index contributed by atoms with van der Waals surface area (Å²) in [7, 11) is 0. The molecule has 2 unspecified atom stereocenters. The fraction of sp³-hybridized carbons (Fsp3) is 0.938. The number of piperidine rings is 1. The topological polar surface area (TPSA) is 59.0 Å². The molecule has 3 fully saturated rings. The molecule has 5 heteroatoms. The van der Waals surface area contributed by atoms with Crippen LogP contribution < -0.4 is 0 Å². The zero-order valence-electron chi connectivity index (χ0n) is 12.8. The number of carboxylic acids is 1. The SMILES string of the molecule is O=C(O)CC1CCCN(C2CCOC3(CCOCC3)C2)C1. The molecule has 21 heavy (non-hydrogen) atoms. The molecule has 3 rings (SSSR count). The van der Waals surface area contributed by atoms with E-state index < -0.39 is 5.97 Å². The fourth-order valence-corrected chi connectivity index (χ4v) is 4.25. The van der Waals surface area contributed by atoms with Gasteiger partial charge in [0.1, 0.15) is 0 Å². The highest BCUT2D eigenvalue weighted by Gasteiger charge is 2.41. The Morgan fingerprint density at radius 3 is 2.81 bits per heavy atom. The average Bonchev–Trinajstić information content (AvgIpc) is 2.48. The van der Waals surface area contributed by atoms with E-state index in [1.165, 1.54) is 0 Å². The highest BCUT2D eigenvalue weighted by atomic mass is 16.5. The van der Waals surface area contributed by atoms with E-state index in [0.29, 0.717) is 18.4 Å². The van der Waals surface area contributed by atoms with Crippen LogP contribution in [0.2, 0.25) is 0 Å². The molecule has 3 saturated heterocycles. The largest absolute Gasteiger partial charge is 0.481 e. The van der Waals surface area contributed by atoms with Gasteiger partial charge in [0.05, 0.1) is 5.60 Å². The van der Waals surface area contributed by atoms with Crippen molar-refractivity contribution in [2.75, 3.05) is 32.9 Å². The predicted molar refractivity (Wildman–Crippen MR) is 78.3 cm³/mol. The van der Waals surface area contributed by atoms with Crippen LogP contribution in [-0.4, -0.2) is 60.5 Å². The third-order valence-electron chi connectivity index (χ3n) is 5.40. The van der Waals surface area contributed by atoms with E-state index in [1.54, 1.807) is 0 Å². The smallest absolute Gasteiger partial charge is 0.303 e. The van der Waals surface area contributed by atoms with Crippen molar-refractivity contribution in [3.63, 3.8) is 0 Å². The first kappa shape index (κ1) is 15.3. The Hall–Kier alpha value is -0.650. The van der Waals surface area contributed by atoms with Crippen LogP contribution in [0, 0.1) is 5.92 Å². The van der Waals surface area contributed by atoms with Crippen molar-refractivity contribution < 1.29 is 19.4 Å². The molecule has 3 aliphatic heterocycles. The van der Waals surface area contributed by atoms with Gasteiger partial charge in [-0.1, -0.05) is 0 Å². The Labute approximate surface area is 126 Å². The van der Waals surface area contributed by atoms with Crippen molar-refractivity contribution in [3.05, 3.63) is 0 Å². The van der Waals surface area contributed by atoms with Gasteiger partial charge in [-0.2, -0.15) is 0 Å². The van der Waals surface area contributed by atoms with Crippen molar-refractivity contribution in [2.45, 2.75) is 56.6 Å². The predicted octanol–water partition coefficient (Wildman–Crippen LogP) is 1.90. The van der Waals surface area contributed by atoms with Gasteiger partial charge in [-0.3, -0.25) is 9.69 Å². The van der Waals surface area contributed by atoms with Gasteiger partial charge < -0.3 is 14.6 Å². The molecule has 0 saturated carbocycles. The second-order valence-electron chi connectivity index (χ2n) is 6.89. The van der Waals surface area contributed by atoms with Crippen molar-refractivity contribution in [3.8, 4) is 0 Å². The summed E-state index contributed by atoms with van der Waals surface area (Å²) in [5.74, 6) is -0.334. The van der Waals surface area contributed by atoms with E-state index in [0.717, 1.165) is 71.4 Å². The van der Waals surface area contributed by atoms with Crippen LogP contribution >= 0.6 is 0 Å². The van der Waals surface area contributed by atoms with Crippen LogP contribution in [0.5, 0.6) is 0 Å². The molecule has 0 amide bonds. The molecule has 0 aromatic carbocycles. The Balaban J connectivity index is 1.58. The van der Waals surface area contributed by atoms with E-state index in [4.69, 9.17) is 14.6 Å². The van der Waals surface area contributed by atoms with Crippen LogP contribution in [0.15, 0.2) is 0 Å². The third-order valence-corrected chi connectivity index (χ3v) is 5.40. The number of rotatable bonds is 3. The van der Waals surface area contributed by atoms with Crippen molar-refractivity contribution in [1.29, 1.82) is 0 Å². The van der Waals surface area contributed by atoms with Gasteiger partial charge in [0.25, 0.3) is 0 Å². The summed E-state index contributed by atoms with van der Waals surface area (Å²) in [5, 5.41) is 9.01. The zero-order valence-corrected chi connectivity index (χ0v) is 12.8. The van der Waals surface area contributed by atoms with Crippen LogP contribution in [0.4, 0.5) is 0 Å². The minimum atomic E-state index is -0.658. The van der Waals surface area contributed by atoms with Gasteiger partial charge in [0.2, 0.25) is 0 Å². The number of hydrogen-bond acceptors (Lipinski definition) is 4. The number of carbonyl (C=O) groups is 1. The van der Waals surface area contributed by atoms with Gasteiger partial charge in [-0.05, 0) is 51.0 Å². The first-order valence-corrected chi connectivity index (χ1v) is 8.34. The number of carboxylic acid groups (broad SMARTS) is 1. The molecule has 3 aliphatic rings. The van der Waals surface area contributed by atoms with E-state index in [9.17, 15) is 4.79 Å². The van der Waals surface area contributed by atoms with E-state index in [2.05, 4.69) is 4.90 Å². The summed E-state index contributed by atoms with van der Waals surface area (Å²) < 4.78 is 11.6. The van der Waals surface area contributed by atoms with E-state index in [-0.39, 0.29) is 5.60 Å². The highest BCUT2D eigenvalue weighted by Crippen LogP contribution is 2.37. The Morgan fingerprint density at radius 2 is 2.05 bits per heavy atom. The van der Waals surface area contributed by atoms with Crippen molar-refractivity contribution in [1.82, 2.24) is 4.90 Å². The minimum Gasteiger partial charge on any atom is -0.481 e. The number of ether oxygens (including phenoxy) is 2. The molecule has 5 nitrogen and oxygen atoms in total. The molecular formula is C16H27NO4. The Morgan fingerprint density at radius 1 is 1.24 bits per heavy atom. The maximum atomic E-state index is 10.9. The van der Waals surface area contributed by atoms with Gasteiger partial charge in [0, 0.05) is 38.8 Å². The molecule has 1 spiro atoms. The molecule has 1 N–H and O–H groups in total. The van der Waals surface area contributed by atoms with Gasteiger partial charge in [-0.15, -0.1) is 0 Å². The van der Waals surface area contributed by atoms with Crippen molar-refractivity contribution >= 4 is 5.97 Å². The number of likely N-dealkylation sites (tertiary alicyclic amines) is 1. The molecular weight excluding hydrogens is 270 g/mol. The van der Waals surface area contributed by atoms with Gasteiger partial charge >= 0.3 is 5.97 Å². The summed E-state index contributed by atoms with van der Waals surface area (Å²) in [6.07, 6.45) is 6.71. The van der Waals surface area contributed by atoms with Crippen LogP contribution in [0.1, 0.15) is 44.9 Å². The minimum absolute atomic E-state index is 0.0287. The number of aliphatic carboxylic acids is 1. The maximum absolute atomic E-state index is 10.9. The monoisotopic (exact) mass is 297 g/mol. The normalized spacial score (nSPS) is 33.9. The number of hydrogen-bond donors (Lipinski definition) is 1. The molecule has 120 valence electrons. The zero-order chi connectivity index (χ0) is 14.7. The molecule has 3 heterocycles. The summed E-state index contributed by atoms with van der Waals surface area (Å²) in [4.78, 5) is 13.5. The maximum Gasteiger partial charge on any atom is 0.303 e. The summed E-state index contributed by atoms with van der Waals surface area (Å²) in [6.45, 7) is 4.53. The molecule has 0 radical (unpaired) electrons. The Bertz CT molecular complexity index is 362. The molecule has 0 aromatic rings. The third kappa shape index (κ3) is 3.76.